The molecule has 2 aromatic carbocycles. The highest BCUT2D eigenvalue weighted by Gasteiger charge is 2.19. The molecule has 3 nitrogen and oxygen atoms in total. The van der Waals surface area contributed by atoms with Gasteiger partial charge in [-0.05, 0) is 42.3 Å². The minimum Gasteiger partial charge on any atom is -0.497 e. The molecule has 20 heavy (non-hydrogen) atoms. The van der Waals surface area contributed by atoms with Crippen molar-refractivity contribution in [3.05, 3.63) is 59.7 Å². The molecule has 0 heterocycles. The number of ether oxygens (including phenoxy) is 2. The number of aliphatic hydroxyl groups is 1. The van der Waals surface area contributed by atoms with Crippen molar-refractivity contribution in [1.29, 1.82) is 0 Å². The predicted molar refractivity (Wildman–Crippen MR) is 79.5 cm³/mol. The van der Waals surface area contributed by atoms with E-state index >= 15 is 0 Å². The van der Waals surface area contributed by atoms with Gasteiger partial charge in [0.15, 0.2) is 0 Å². The zero-order chi connectivity index (χ0) is 14.5. The molecule has 3 heteroatoms. The van der Waals surface area contributed by atoms with E-state index in [4.69, 9.17) is 9.47 Å². The molecule has 0 aliphatic carbocycles. The summed E-state index contributed by atoms with van der Waals surface area (Å²) in [5.41, 5.74) is 2.12. The van der Waals surface area contributed by atoms with Crippen molar-refractivity contribution in [1.82, 2.24) is 0 Å². The van der Waals surface area contributed by atoms with Gasteiger partial charge in [-0.15, -0.1) is 0 Å². The van der Waals surface area contributed by atoms with E-state index in [0.717, 1.165) is 22.6 Å². The Kier molecular flexibility index (Phi) is 4.64. The fraction of sp³-hybridized carbons (Fsp3) is 0.294. The predicted octanol–water partition coefficient (Wildman–Crippen LogP) is 3.22. The first-order valence-corrected chi connectivity index (χ1v) is 6.61. The smallest absolute Gasteiger partial charge is 0.118 e. The Morgan fingerprint density at radius 3 is 1.35 bits per heavy atom. The Bertz CT molecular complexity index is 482. The maximum atomic E-state index is 10.1. The van der Waals surface area contributed by atoms with Gasteiger partial charge in [-0.25, -0.2) is 0 Å². The first kappa shape index (κ1) is 14.4. The van der Waals surface area contributed by atoms with Crippen molar-refractivity contribution < 1.29 is 14.6 Å². The molecule has 1 N–H and O–H groups in total. The van der Waals surface area contributed by atoms with E-state index in [1.54, 1.807) is 21.1 Å². The van der Waals surface area contributed by atoms with Gasteiger partial charge in [0.25, 0.3) is 0 Å². The number of benzene rings is 2. The second kappa shape index (κ2) is 6.44. The molecule has 0 aromatic heterocycles. The number of hydrogen-bond acceptors (Lipinski definition) is 3. The van der Waals surface area contributed by atoms with E-state index in [9.17, 15) is 5.11 Å². The SMILES string of the molecule is COc1ccc(C(c2ccc(OC)cc2)[C@@H](C)O)cc1. The van der Waals surface area contributed by atoms with E-state index in [1.165, 1.54) is 0 Å². The van der Waals surface area contributed by atoms with Crippen LogP contribution in [0.5, 0.6) is 11.5 Å². The summed E-state index contributed by atoms with van der Waals surface area (Å²) >= 11 is 0. The highest BCUT2D eigenvalue weighted by molar-refractivity contribution is 5.39. The third kappa shape index (κ3) is 3.11. The van der Waals surface area contributed by atoms with Crippen molar-refractivity contribution in [3.8, 4) is 11.5 Å². The topological polar surface area (TPSA) is 38.7 Å². The first-order valence-electron chi connectivity index (χ1n) is 6.61. The highest BCUT2D eigenvalue weighted by Crippen LogP contribution is 2.30. The van der Waals surface area contributed by atoms with Crippen LogP contribution >= 0.6 is 0 Å². The van der Waals surface area contributed by atoms with E-state index in [0.29, 0.717) is 0 Å². The standard InChI is InChI=1S/C17H20O3/c1-12(18)17(13-4-8-15(19-2)9-5-13)14-6-10-16(20-3)11-7-14/h4-12,17-18H,1-3H3/t12-/m1/s1. The highest BCUT2D eigenvalue weighted by atomic mass is 16.5. The molecule has 0 saturated heterocycles. The van der Waals surface area contributed by atoms with E-state index in [-0.39, 0.29) is 5.92 Å². The monoisotopic (exact) mass is 272 g/mol. The largest absolute Gasteiger partial charge is 0.497 e. The second-order valence-corrected chi connectivity index (χ2v) is 4.76. The van der Waals surface area contributed by atoms with Crippen LogP contribution in [0.4, 0.5) is 0 Å². The van der Waals surface area contributed by atoms with Crippen LogP contribution in [0.2, 0.25) is 0 Å². The van der Waals surface area contributed by atoms with Crippen molar-refractivity contribution >= 4 is 0 Å². The fourth-order valence-electron chi connectivity index (χ4n) is 2.37. The summed E-state index contributed by atoms with van der Waals surface area (Å²) in [5.74, 6) is 1.56. The van der Waals surface area contributed by atoms with E-state index < -0.39 is 6.10 Å². The molecule has 0 bridgehead atoms. The summed E-state index contributed by atoms with van der Waals surface area (Å²) in [5, 5.41) is 10.1. The summed E-state index contributed by atoms with van der Waals surface area (Å²) < 4.78 is 10.3. The van der Waals surface area contributed by atoms with Crippen LogP contribution in [-0.4, -0.2) is 25.4 Å². The Balaban J connectivity index is 2.33. The molecule has 2 rings (SSSR count). The first-order chi connectivity index (χ1) is 9.65. The Hall–Kier alpha value is -2.00. The quantitative estimate of drug-likeness (QED) is 0.908. The molecule has 0 spiro atoms. The van der Waals surface area contributed by atoms with E-state index in [2.05, 4.69) is 0 Å². The summed E-state index contributed by atoms with van der Waals surface area (Å²) in [7, 11) is 3.29. The van der Waals surface area contributed by atoms with Gasteiger partial charge in [0.05, 0.1) is 20.3 Å². The Morgan fingerprint density at radius 2 is 1.10 bits per heavy atom. The van der Waals surface area contributed by atoms with Crippen LogP contribution in [0, 0.1) is 0 Å². The molecule has 106 valence electrons. The van der Waals surface area contributed by atoms with Gasteiger partial charge in [0.2, 0.25) is 0 Å². The van der Waals surface area contributed by atoms with Crippen LogP contribution in [0.1, 0.15) is 24.0 Å². The maximum Gasteiger partial charge on any atom is 0.118 e. The minimum atomic E-state index is -0.475. The zero-order valence-corrected chi connectivity index (χ0v) is 12.0. The van der Waals surface area contributed by atoms with E-state index in [1.807, 2.05) is 48.5 Å². The van der Waals surface area contributed by atoms with Gasteiger partial charge in [-0.2, -0.15) is 0 Å². The molecule has 2 aromatic rings. The van der Waals surface area contributed by atoms with Gasteiger partial charge in [0.1, 0.15) is 11.5 Å². The fourth-order valence-corrected chi connectivity index (χ4v) is 2.37. The van der Waals surface area contributed by atoms with Gasteiger partial charge >= 0.3 is 0 Å². The van der Waals surface area contributed by atoms with Gasteiger partial charge in [-0.3, -0.25) is 0 Å². The summed E-state index contributed by atoms with van der Waals surface area (Å²) in [6.45, 7) is 1.80. The molecule has 0 radical (unpaired) electrons. The summed E-state index contributed by atoms with van der Waals surface area (Å²) in [6.07, 6.45) is -0.475. The Morgan fingerprint density at radius 1 is 0.750 bits per heavy atom. The lowest BCUT2D eigenvalue weighted by Gasteiger charge is -2.21. The third-order valence-electron chi connectivity index (χ3n) is 3.43. The lowest BCUT2D eigenvalue weighted by atomic mass is 9.87. The van der Waals surface area contributed by atoms with Gasteiger partial charge in [0, 0.05) is 5.92 Å². The molecule has 0 fully saturated rings. The normalized spacial score (nSPS) is 12.2. The number of hydrogen-bond donors (Lipinski definition) is 1. The molecular formula is C17H20O3. The van der Waals surface area contributed by atoms with Crippen molar-refractivity contribution in [2.75, 3.05) is 14.2 Å². The lowest BCUT2D eigenvalue weighted by Crippen LogP contribution is -2.16. The lowest BCUT2D eigenvalue weighted by molar-refractivity contribution is 0.176. The molecule has 0 aliphatic heterocycles. The Labute approximate surface area is 119 Å². The molecular weight excluding hydrogens is 252 g/mol. The van der Waals surface area contributed by atoms with Gasteiger partial charge < -0.3 is 14.6 Å². The molecule has 0 unspecified atom stereocenters. The zero-order valence-electron chi connectivity index (χ0n) is 12.0. The number of aliphatic hydroxyl groups excluding tert-OH is 1. The van der Waals surface area contributed by atoms with Crippen molar-refractivity contribution in [3.63, 3.8) is 0 Å². The van der Waals surface area contributed by atoms with Gasteiger partial charge in [-0.1, -0.05) is 24.3 Å². The van der Waals surface area contributed by atoms with Crippen LogP contribution in [0.15, 0.2) is 48.5 Å². The summed E-state index contributed by atoms with van der Waals surface area (Å²) in [6, 6.07) is 15.6. The molecule has 0 saturated carbocycles. The second-order valence-electron chi connectivity index (χ2n) is 4.76. The van der Waals surface area contributed by atoms with Crippen LogP contribution in [0.25, 0.3) is 0 Å². The average Bonchev–Trinajstić information content (AvgIpc) is 2.48. The summed E-state index contributed by atoms with van der Waals surface area (Å²) in [4.78, 5) is 0. The average molecular weight is 272 g/mol. The minimum absolute atomic E-state index is 0.0631. The third-order valence-corrected chi connectivity index (χ3v) is 3.43. The maximum absolute atomic E-state index is 10.1. The van der Waals surface area contributed by atoms with Crippen LogP contribution < -0.4 is 9.47 Å². The van der Waals surface area contributed by atoms with Crippen molar-refractivity contribution in [2.24, 2.45) is 0 Å². The molecule has 1 atom stereocenters. The van der Waals surface area contributed by atoms with Crippen molar-refractivity contribution in [2.45, 2.75) is 18.9 Å². The van der Waals surface area contributed by atoms with Crippen LogP contribution in [0.3, 0.4) is 0 Å². The van der Waals surface area contributed by atoms with Crippen LogP contribution in [-0.2, 0) is 0 Å². The molecule has 0 amide bonds. The number of methoxy groups -OCH3 is 2. The number of rotatable bonds is 5. The molecule has 0 aliphatic rings.